The summed E-state index contributed by atoms with van der Waals surface area (Å²) in [4.78, 5) is 11.1. The topological polar surface area (TPSA) is 65.5 Å². The first kappa shape index (κ1) is 13.0. The van der Waals surface area contributed by atoms with Crippen LogP contribution in [0.3, 0.4) is 0 Å². The number of nitrogens with two attached hydrogens (primary N) is 1. The Labute approximate surface area is 105 Å². The molecule has 1 amide bonds. The second-order valence-corrected chi connectivity index (χ2v) is 3.61. The molecule has 0 saturated carbocycles. The minimum Gasteiger partial charge on any atom is -0.433 e. The van der Waals surface area contributed by atoms with E-state index in [1.165, 1.54) is 12.1 Å². The number of benzene rings is 1. The predicted octanol–water partition coefficient (Wildman–Crippen LogP) is 3.19. The van der Waals surface area contributed by atoms with Gasteiger partial charge in [0, 0.05) is 6.07 Å². The van der Waals surface area contributed by atoms with Crippen molar-refractivity contribution in [2.24, 2.45) is 5.73 Å². The first-order valence-electron chi connectivity index (χ1n) is 5.10. The molecule has 0 radical (unpaired) electrons. The normalized spacial score (nSPS) is 11.3. The Bertz CT molecular complexity index is 604. The van der Waals surface area contributed by atoms with Crippen LogP contribution in [0.1, 0.15) is 15.9 Å². The van der Waals surface area contributed by atoms with Gasteiger partial charge in [-0.1, -0.05) is 12.1 Å². The number of primary amides is 1. The molecule has 1 aromatic carbocycles. The molecule has 0 spiro atoms. The number of para-hydroxylation sites is 1. The van der Waals surface area contributed by atoms with Gasteiger partial charge >= 0.3 is 6.18 Å². The van der Waals surface area contributed by atoms with E-state index >= 15 is 0 Å². The van der Waals surface area contributed by atoms with Crippen molar-refractivity contribution in [3.63, 3.8) is 0 Å². The molecule has 0 saturated heterocycles. The van der Waals surface area contributed by atoms with Gasteiger partial charge in [0.25, 0.3) is 11.9 Å². The van der Waals surface area contributed by atoms with Crippen molar-refractivity contribution in [2.75, 3.05) is 0 Å². The van der Waals surface area contributed by atoms with Crippen molar-refractivity contribution in [2.45, 2.75) is 6.18 Å². The summed E-state index contributed by atoms with van der Waals surface area (Å²) in [5.41, 5.74) is 4.19. The highest BCUT2D eigenvalue weighted by molar-refractivity contribution is 5.95. The number of carbonyl (C=O) groups excluding carboxylic acids is 1. The minimum atomic E-state index is -4.52. The average molecular weight is 271 g/mol. The molecule has 4 nitrogen and oxygen atoms in total. The summed E-state index contributed by atoms with van der Waals surface area (Å²) < 4.78 is 46.8. The zero-order valence-corrected chi connectivity index (χ0v) is 9.40. The number of halogens is 3. The van der Waals surface area contributed by atoms with Crippen LogP contribution in [0.15, 0.2) is 41.0 Å². The molecule has 2 aromatic rings. The maximum absolute atomic E-state index is 12.4. The monoisotopic (exact) mass is 271 g/mol. The van der Waals surface area contributed by atoms with E-state index in [4.69, 9.17) is 10.5 Å². The van der Waals surface area contributed by atoms with Crippen molar-refractivity contribution in [3.8, 4) is 11.7 Å². The molecule has 0 aliphatic rings. The molecule has 1 heterocycles. The van der Waals surface area contributed by atoms with Gasteiger partial charge in [-0.25, -0.2) is 0 Å². The van der Waals surface area contributed by atoms with E-state index < -0.39 is 17.6 Å². The molecule has 7 heteroatoms. The highest BCUT2D eigenvalue weighted by atomic mass is 19.4. The van der Waals surface area contributed by atoms with E-state index in [0.29, 0.717) is 12.3 Å². The largest absolute Gasteiger partial charge is 0.433 e. The quantitative estimate of drug-likeness (QED) is 0.932. The van der Waals surface area contributed by atoms with Crippen LogP contribution in [0.4, 0.5) is 13.2 Å². The van der Waals surface area contributed by atoms with Crippen molar-refractivity contribution in [3.05, 3.63) is 47.7 Å². The van der Waals surface area contributed by atoms with Gasteiger partial charge < -0.3 is 14.9 Å². The maximum Gasteiger partial charge on any atom is 0.419 e. The molecule has 0 atom stereocenters. The third kappa shape index (κ3) is 2.87. The van der Waals surface area contributed by atoms with Crippen LogP contribution in [0.2, 0.25) is 0 Å². The highest BCUT2D eigenvalue weighted by Crippen LogP contribution is 2.34. The molecule has 1 aromatic heterocycles. The van der Waals surface area contributed by atoms with Crippen LogP contribution in [0.25, 0.3) is 0 Å². The van der Waals surface area contributed by atoms with Gasteiger partial charge in [-0.15, -0.1) is 0 Å². The number of alkyl halides is 3. The average Bonchev–Trinajstić information content (AvgIpc) is 2.77. The Hall–Kier alpha value is -2.44. The van der Waals surface area contributed by atoms with Gasteiger partial charge in [-0.05, 0) is 12.1 Å². The number of amides is 1. The summed E-state index contributed by atoms with van der Waals surface area (Å²) >= 11 is 0. The fourth-order valence-electron chi connectivity index (χ4n) is 1.39. The first-order chi connectivity index (χ1) is 8.88. The van der Waals surface area contributed by atoms with Crippen molar-refractivity contribution < 1.29 is 27.1 Å². The summed E-state index contributed by atoms with van der Waals surface area (Å²) in [6.07, 6.45) is -3.99. The van der Waals surface area contributed by atoms with Crippen LogP contribution in [0.5, 0.6) is 11.7 Å². The fraction of sp³-hybridized carbons (Fsp3) is 0.0833. The van der Waals surface area contributed by atoms with Crippen LogP contribution < -0.4 is 10.5 Å². The molecule has 0 bridgehead atoms. The zero-order chi connectivity index (χ0) is 14.0. The second kappa shape index (κ2) is 4.68. The lowest BCUT2D eigenvalue weighted by Gasteiger charge is -2.05. The number of carbonyl (C=O) groups is 1. The number of rotatable bonds is 3. The van der Waals surface area contributed by atoms with Gasteiger partial charge in [0.05, 0.1) is 11.1 Å². The van der Waals surface area contributed by atoms with Gasteiger partial charge in [0.2, 0.25) is 0 Å². The van der Waals surface area contributed by atoms with Crippen LogP contribution >= 0.6 is 0 Å². The first-order valence-corrected chi connectivity index (χ1v) is 5.10. The fourth-order valence-corrected chi connectivity index (χ4v) is 1.39. The summed E-state index contributed by atoms with van der Waals surface area (Å²) in [6, 6.07) is 6.59. The standard InChI is InChI=1S/C12H8F3NO3/c13-12(14,15)7-5-10(18-6-7)19-9-4-2-1-3-8(9)11(16)17/h1-6H,(H2,16,17). The summed E-state index contributed by atoms with van der Waals surface area (Å²) in [5, 5.41) is 0. The van der Waals surface area contributed by atoms with Crippen LogP contribution in [-0.4, -0.2) is 5.91 Å². The minimum absolute atomic E-state index is 0.0260. The van der Waals surface area contributed by atoms with Gasteiger partial charge in [0.15, 0.2) is 0 Å². The third-order valence-corrected chi connectivity index (χ3v) is 2.27. The molecular weight excluding hydrogens is 263 g/mol. The smallest absolute Gasteiger partial charge is 0.419 e. The van der Waals surface area contributed by atoms with E-state index in [0.717, 1.165) is 0 Å². The maximum atomic E-state index is 12.4. The molecule has 0 aliphatic heterocycles. The van der Waals surface area contributed by atoms with E-state index in [1.807, 2.05) is 0 Å². The lowest BCUT2D eigenvalue weighted by atomic mass is 10.2. The molecule has 0 unspecified atom stereocenters. The van der Waals surface area contributed by atoms with Crippen molar-refractivity contribution in [1.82, 2.24) is 0 Å². The van der Waals surface area contributed by atoms with Crippen LogP contribution in [0, 0.1) is 0 Å². The van der Waals surface area contributed by atoms with E-state index in [2.05, 4.69) is 4.42 Å². The second-order valence-electron chi connectivity index (χ2n) is 3.61. The van der Waals surface area contributed by atoms with E-state index in [9.17, 15) is 18.0 Å². The Kier molecular flexibility index (Phi) is 3.20. The summed E-state index contributed by atoms with van der Waals surface area (Å²) in [6.45, 7) is 0. The van der Waals surface area contributed by atoms with E-state index in [-0.39, 0.29) is 17.3 Å². The zero-order valence-electron chi connectivity index (χ0n) is 9.40. The molecular formula is C12H8F3NO3. The SMILES string of the molecule is NC(=O)c1ccccc1Oc1cc(C(F)(F)F)co1. The molecule has 2 rings (SSSR count). The van der Waals surface area contributed by atoms with Gasteiger partial charge in [0.1, 0.15) is 12.0 Å². The Balaban J connectivity index is 2.27. The Morgan fingerprint density at radius 3 is 2.53 bits per heavy atom. The van der Waals surface area contributed by atoms with Crippen molar-refractivity contribution in [1.29, 1.82) is 0 Å². The Morgan fingerprint density at radius 1 is 1.26 bits per heavy atom. The predicted molar refractivity (Wildman–Crippen MR) is 58.7 cm³/mol. The number of furan rings is 1. The van der Waals surface area contributed by atoms with Gasteiger partial charge in [-0.3, -0.25) is 4.79 Å². The van der Waals surface area contributed by atoms with Crippen LogP contribution in [-0.2, 0) is 6.18 Å². The molecule has 19 heavy (non-hydrogen) atoms. The lowest BCUT2D eigenvalue weighted by molar-refractivity contribution is -0.137. The number of hydrogen-bond acceptors (Lipinski definition) is 3. The van der Waals surface area contributed by atoms with Crippen molar-refractivity contribution >= 4 is 5.91 Å². The molecule has 100 valence electrons. The third-order valence-electron chi connectivity index (χ3n) is 2.27. The molecule has 2 N–H and O–H groups in total. The molecule has 0 aliphatic carbocycles. The number of hydrogen-bond donors (Lipinski definition) is 1. The highest BCUT2D eigenvalue weighted by Gasteiger charge is 2.33. The number of ether oxygens (including phenoxy) is 1. The van der Waals surface area contributed by atoms with Gasteiger partial charge in [-0.2, -0.15) is 13.2 Å². The molecule has 0 fully saturated rings. The summed E-state index contributed by atoms with van der Waals surface area (Å²) in [7, 11) is 0. The summed E-state index contributed by atoms with van der Waals surface area (Å²) in [5.74, 6) is -1.10. The van der Waals surface area contributed by atoms with E-state index in [1.54, 1.807) is 12.1 Å². The lowest BCUT2D eigenvalue weighted by Crippen LogP contribution is -2.11. The Morgan fingerprint density at radius 2 is 1.95 bits per heavy atom.